The summed E-state index contributed by atoms with van der Waals surface area (Å²) in [6, 6.07) is 82.2. The van der Waals surface area contributed by atoms with Gasteiger partial charge in [0.15, 0.2) is 0 Å². The molecule has 0 bridgehead atoms. The first-order valence-corrected chi connectivity index (χ1v) is 24.1. The van der Waals surface area contributed by atoms with E-state index in [0.29, 0.717) is 0 Å². The van der Waals surface area contributed by atoms with E-state index in [9.17, 15) is 0 Å². The number of ether oxygens (including phenoxy) is 1. The van der Waals surface area contributed by atoms with Crippen LogP contribution < -0.4 is 15.0 Å². The predicted octanol–water partition coefficient (Wildman–Crippen LogP) is 16.8. The zero-order valence-electron chi connectivity index (χ0n) is 39.8. The summed E-state index contributed by atoms with van der Waals surface area (Å²) in [5.41, 5.74) is 16.3. The van der Waals surface area contributed by atoms with Gasteiger partial charge in [-0.25, -0.2) is 4.98 Å². The Morgan fingerprint density at radius 2 is 1.10 bits per heavy atom. The summed E-state index contributed by atoms with van der Waals surface area (Å²) in [5, 5.41) is 6.27. The van der Waals surface area contributed by atoms with Gasteiger partial charge in [-0.1, -0.05) is 191 Å². The first-order valence-electron chi connectivity index (χ1n) is 24.1. The molecule has 11 aromatic rings. The largest absolute Gasteiger partial charge is 0.457 e. The molecule has 0 fully saturated rings. The summed E-state index contributed by atoms with van der Waals surface area (Å²) >= 11 is 0. The first kappa shape index (κ1) is 42.7. The molecular formula is C65H52N4O. The number of aromatic nitrogens is 2. The Morgan fingerprint density at radius 3 is 1.76 bits per heavy atom. The summed E-state index contributed by atoms with van der Waals surface area (Å²) in [4.78, 5) is 7.37. The molecule has 1 aliphatic rings. The lowest BCUT2D eigenvalue weighted by Crippen LogP contribution is -2.29. The van der Waals surface area contributed by atoms with Crippen molar-refractivity contribution in [1.82, 2.24) is 9.55 Å². The van der Waals surface area contributed by atoms with E-state index in [4.69, 9.17) is 9.72 Å². The molecule has 5 heteroatoms. The van der Waals surface area contributed by atoms with Gasteiger partial charge >= 0.3 is 0 Å². The van der Waals surface area contributed by atoms with Gasteiger partial charge in [-0.3, -0.25) is 4.57 Å². The molecule has 0 spiro atoms. The predicted molar refractivity (Wildman–Crippen MR) is 291 cm³/mol. The van der Waals surface area contributed by atoms with Crippen molar-refractivity contribution < 1.29 is 4.74 Å². The molecule has 5 nitrogen and oxygen atoms in total. The number of para-hydroxylation sites is 3. The number of nitrogens with one attached hydrogen (secondary N) is 1. The van der Waals surface area contributed by atoms with Crippen LogP contribution in [0.5, 0.6) is 11.5 Å². The lowest BCUT2D eigenvalue weighted by Gasteiger charge is -2.35. The lowest BCUT2D eigenvalue weighted by atomic mass is 9.67. The van der Waals surface area contributed by atoms with E-state index < -0.39 is 5.41 Å². The molecule has 0 unspecified atom stereocenters. The molecule has 0 saturated carbocycles. The minimum Gasteiger partial charge on any atom is -0.457 e. The average molecular weight is 905 g/mol. The maximum Gasteiger partial charge on any atom is 0.137 e. The number of hydrogen-bond acceptors (Lipinski definition) is 4. The highest BCUT2D eigenvalue weighted by atomic mass is 16.5. The zero-order valence-corrected chi connectivity index (χ0v) is 39.8. The third-order valence-corrected chi connectivity index (χ3v) is 14.1. The SMILES string of the molecule is CN(c1ccccc1Nc1cccc(Oc2cc3c4c5c(cccc5n(-c5cc(C(C)(C)C)ccn5)c4c2)C3(c2ccccc2)c2ccccc2)c1)c1c(-c2ccccc2)cccc1-c1ccccc1. The van der Waals surface area contributed by atoms with Crippen LogP contribution in [0.4, 0.5) is 22.7 Å². The number of rotatable bonds is 11. The van der Waals surface area contributed by atoms with E-state index in [2.05, 4.69) is 267 Å². The maximum absolute atomic E-state index is 7.12. The quantitative estimate of drug-likeness (QED) is 0.140. The highest BCUT2D eigenvalue weighted by Gasteiger charge is 2.46. The van der Waals surface area contributed by atoms with Gasteiger partial charge in [-0.15, -0.1) is 0 Å². The molecule has 0 radical (unpaired) electrons. The number of hydrogen-bond donors (Lipinski definition) is 1. The van der Waals surface area contributed by atoms with E-state index in [1.807, 2.05) is 12.3 Å². The van der Waals surface area contributed by atoms with Gasteiger partial charge in [0.05, 0.1) is 33.5 Å². The molecule has 12 rings (SSSR count). The van der Waals surface area contributed by atoms with Gasteiger partial charge in [0.1, 0.15) is 17.3 Å². The average Bonchev–Trinajstić information content (AvgIpc) is 3.90. The second kappa shape index (κ2) is 17.1. The first-order chi connectivity index (χ1) is 34.3. The molecule has 0 saturated heterocycles. The monoisotopic (exact) mass is 904 g/mol. The van der Waals surface area contributed by atoms with Crippen LogP contribution in [0, 0.1) is 0 Å². The Kier molecular flexibility index (Phi) is 10.4. The highest BCUT2D eigenvalue weighted by molar-refractivity contribution is 6.18. The number of nitrogens with zero attached hydrogens (tertiary/aromatic N) is 3. The van der Waals surface area contributed by atoms with Gasteiger partial charge in [-0.2, -0.15) is 0 Å². The van der Waals surface area contributed by atoms with Gasteiger partial charge < -0.3 is 15.0 Å². The van der Waals surface area contributed by atoms with E-state index in [-0.39, 0.29) is 5.41 Å². The van der Waals surface area contributed by atoms with E-state index in [1.165, 1.54) is 38.6 Å². The molecular weight excluding hydrogens is 853 g/mol. The van der Waals surface area contributed by atoms with Crippen LogP contribution in [0.3, 0.4) is 0 Å². The standard InChI is InChI=1S/C65H52N4O/c1-64(2,3)48-38-39-66-60(40-48)69-58-37-21-34-54-61(58)62-55(65(54,46-26-13-7-14-27-46)47-28-15-8-16-29-47)42-51(43-59(62)69)70-50-31-19-30-49(41-50)67-56-35-17-18-36-57(56)68(4)63-52(44-22-9-5-10-23-44)32-20-33-53(63)45-24-11-6-12-25-45/h5-43,67H,1-4H3. The molecule has 0 atom stereocenters. The van der Waals surface area contributed by atoms with Gasteiger partial charge in [0, 0.05) is 53.0 Å². The second-order valence-corrected chi connectivity index (χ2v) is 19.3. The van der Waals surface area contributed by atoms with Crippen molar-refractivity contribution in [3.63, 3.8) is 0 Å². The van der Waals surface area contributed by atoms with Crippen LogP contribution in [0.25, 0.3) is 49.9 Å². The van der Waals surface area contributed by atoms with Crippen LogP contribution in [0.2, 0.25) is 0 Å². The Labute approximate surface area is 409 Å². The summed E-state index contributed by atoms with van der Waals surface area (Å²) < 4.78 is 9.45. The van der Waals surface area contributed by atoms with Crippen molar-refractivity contribution in [3.8, 4) is 39.6 Å². The minimum atomic E-state index is -0.595. The third-order valence-electron chi connectivity index (χ3n) is 14.1. The molecule has 2 aromatic heterocycles. The minimum absolute atomic E-state index is 0.0549. The topological polar surface area (TPSA) is 42.3 Å². The Hall–Kier alpha value is -8.67. The summed E-state index contributed by atoms with van der Waals surface area (Å²) in [7, 11) is 2.16. The molecule has 70 heavy (non-hydrogen) atoms. The summed E-state index contributed by atoms with van der Waals surface area (Å²) in [5.74, 6) is 2.36. The van der Waals surface area contributed by atoms with Gasteiger partial charge in [-0.05, 0) is 92.9 Å². The van der Waals surface area contributed by atoms with Crippen molar-refractivity contribution in [1.29, 1.82) is 0 Å². The third kappa shape index (κ3) is 7.12. The fraction of sp³-hybridized carbons (Fsp3) is 0.0923. The fourth-order valence-electron chi connectivity index (χ4n) is 10.9. The summed E-state index contributed by atoms with van der Waals surface area (Å²) in [6.45, 7) is 6.76. The number of benzene rings is 9. The van der Waals surface area contributed by atoms with Crippen LogP contribution >= 0.6 is 0 Å². The Balaban J connectivity index is 0.978. The van der Waals surface area contributed by atoms with Crippen LogP contribution in [0.15, 0.2) is 237 Å². The van der Waals surface area contributed by atoms with Crippen LogP contribution in [-0.2, 0) is 10.8 Å². The smallest absolute Gasteiger partial charge is 0.137 e. The second-order valence-electron chi connectivity index (χ2n) is 19.3. The van der Waals surface area contributed by atoms with Crippen molar-refractivity contribution in [2.75, 3.05) is 17.3 Å². The van der Waals surface area contributed by atoms with Crippen LogP contribution in [0.1, 0.15) is 48.6 Å². The van der Waals surface area contributed by atoms with Crippen molar-refractivity contribution >= 4 is 44.6 Å². The molecule has 9 aromatic carbocycles. The summed E-state index contributed by atoms with van der Waals surface area (Å²) in [6.07, 6.45) is 1.95. The molecule has 2 heterocycles. The van der Waals surface area contributed by atoms with Crippen molar-refractivity contribution in [2.45, 2.75) is 31.6 Å². The van der Waals surface area contributed by atoms with Gasteiger partial charge in [0.2, 0.25) is 0 Å². The molecule has 1 N–H and O–H groups in total. The van der Waals surface area contributed by atoms with Crippen LogP contribution in [-0.4, -0.2) is 16.6 Å². The van der Waals surface area contributed by atoms with E-state index in [1.54, 1.807) is 0 Å². The zero-order chi connectivity index (χ0) is 47.4. The van der Waals surface area contributed by atoms with Crippen molar-refractivity contribution in [2.24, 2.45) is 0 Å². The van der Waals surface area contributed by atoms with Gasteiger partial charge in [0.25, 0.3) is 0 Å². The number of anilines is 4. The number of pyridine rings is 1. The Morgan fingerprint density at radius 1 is 0.514 bits per heavy atom. The molecule has 0 amide bonds. The molecule has 338 valence electrons. The van der Waals surface area contributed by atoms with Crippen molar-refractivity contribution in [3.05, 3.63) is 265 Å². The fourth-order valence-corrected chi connectivity index (χ4v) is 10.9. The normalized spacial score (nSPS) is 12.7. The Bertz CT molecular complexity index is 3610. The maximum atomic E-state index is 7.12. The molecule has 1 aliphatic carbocycles. The van der Waals surface area contributed by atoms with E-state index >= 15 is 0 Å². The lowest BCUT2D eigenvalue weighted by molar-refractivity contribution is 0.482. The van der Waals surface area contributed by atoms with E-state index in [0.717, 1.165) is 73.4 Å². The molecule has 0 aliphatic heterocycles. The highest BCUT2D eigenvalue weighted by Crippen LogP contribution is 2.58.